The Hall–Kier alpha value is -2.57. The molecule has 132 valence electrons. The second-order valence-corrected chi connectivity index (χ2v) is 6.06. The number of hydrogen-bond acceptors (Lipinski definition) is 4. The molecule has 0 aromatic heterocycles. The third-order valence-corrected chi connectivity index (χ3v) is 3.84. The van der Waals surface area contributed by atoms with Crippen molar-refractivity contribution in [2.45, 2.75) is 12.5 Å². The predicted molar refractivity (Wildman–Crippen MR) is 95.7 cm³/mol. The number of anilines is 1. The van der Waals surface area contributed by atoms with Gasteiger partial charge >= 0.3 is 11.8 Å². The molecule has 0 saturated heterocycles. The Morgan fingerprint density at radius 2 is 1.84 bits per heavy atom. The second kappa shape index (κ2) is 8.00. The maximum Gasteiger partial charge on any atom is 0.313 e. The van der Waals surface area contributed by atoms with Crippen LogP contribution in [0.15, 0.2) is 48.5 Å². The number of amides is 2. The Kier molecular flexibility index (Phi) is 6.01. The molecule has 0 heterocycles. The number of rotatable bonds is 5. The third kappa shape index (κ3) is 4.95. The molecule has 7 heteroatoms. The van der Waals surface area contributed by atoms with Crippen LogP contribution in [0.2, 0.25) is 5.02 Å². The van der Waals surface area contributed by atoms with Crippen LogP contribution in [-0.4, -0.2) is 30.6 Å². The van der Waals surface area contributed by atoms with E-state index in [1.54, 1.807) is 43.3 Å². The average Bonchev–Trinajstić information content (AvgIpc) is 2.60. The van der Waals surface area contributed by atoms with E-state index in [-0.39, 0.29) is 12.2 Å². The summed E-state index contributed by atoms with van der Waals surface area (Å²) in [6, 6.07) is 13.5. The zero-order valence-corrected chi connectivity index (χ0v) is 14.6. The highest BCUT2D eigenvalue weighted by molar-refractivity contribution is 6.40. The van der Waals surface area contributed by atoms with E-state index in [4.69, 9.17) is 16.3 Å². The molecule has 0 bridgehead atoms. The minimum absolute atomic E-state index is 0.115. The van der Waals surface area contributed by atoms with Gasteiger partial charge < -0.3 is 20.5 Å². The Morgan fingerprint density at radius 1 is 1.16 bits per heavy atom. The quantitative estimate of drug-likeness (QED) is 0.712. The van der Waals surface area contributed by atoms with Gasteiger partial charge in [-0.3, -0.25) is 9.59 Å². The fourth-order valence-corrected chi connectivity index (χ4v) is 2.36. The Bertz CT molecular complexity index is 763. The molecule has 6 nitrogen and oxygen atoms in total. The largest absolute Gasteiger partial charge is 0.495 e. The molecule has 0 radical (unpaired) electrons. The highest BCUT2D eigenvalue weighted by atomic mass is 35.5. The molecule has 0 spiro atoms. The number of carbonyl (C=O) groups excluding carboxylic acids is 2. The third-order valence-electron chi connectivity index (χ3n) is 3.60. The first-order valence-electron chi connectivity index (χ1n) is 7.54. The monoisotopic (exact) mass is 362 g/mol. The van der Waals surface area contributed by atoms with E-state index < -0.39 is 17.4 Å². The zero-order chi connectivity index (χ0) is 18.4. The van der Waals surface area contributed by atoms with Crippen LogP contribution in [0.1, 0.15) is 12.5 Å². The molecular weight excluding hydrogens is 344 g/mol. The normalized spacial score (nSPS) is 12.8. The van der Waals surface area contributed by atoms with Gasteiger partial charge in [-0.05, 0) is 30.7 Å². The molecule has 0 aliphatic rings. The molecule has 3 N–H and O–H groups in total. The number of aliphatic hydroxyl groups is 1. The summed E-state index contributed by atoms with van der Waals surface area (Å²) in [5.74, 6) is -1.38. The van der Waals surface area contributed by atoms with Gasteiger partial charge in [0.25, 0.3) is 0 Å². The van der Waals surface area contributed by atoms with Crippen molar-refractivity contribution in [3.8, 4) is 5.75 Å². The van der Waals surface area contributed by atoms with E-state index in [2.05, 4.69) is 10.6 Å². The van der Waals surface area contributed by atoms with Crippen molar-refractivity contribution in [2.24, 2.45) is 0 Å². The van der Waals surface area contributed by atoms with Crippen LogP contribution in [0.25, 0.3) is 0 Å². The van der Waals surface area contributed by atoms with Crippen LogP contribution < -0.4 is 15.4 Å². The van der Waals surface area contributed by atoms with Crippen LogP contribution in [0, 0.1) is 0 Å². The Balaban J connectivity index is 1.99. The van der Waals surface area contributed by atoms with E-state index in [1.165, 1.54) is 13.2 Å². The summed E-state index contributed by atoms with van der Waals surface area (Å²) in [6.45, 7) is 1.44. The first-order chi connectivity index (χ1) is 11.8. The van der Waals surface area contributed by atoms with E-state index in [9.17, 15) is 14.7 Å². The summed E-state index contributed by atoms with van der Waals surface area (Å²) in [5, 5.41) is 15.7. The van der Waals surface area contributed by atoms with Gasteiger partial charge in [-0.15, -0.1) is 0 Å². The van der Waals surface area contributed by atoms with Gasteiger partial charge in [0.15, 0.2) is 0 Å². The molecule has 1 atom stereocenters. The molecule has 0 unspecified atom stereocenters. The summed E-state index contributed by atoms with van der Waals surface area (Å²) in [6.07, 6.45) is 0. The van der Waals surface area contributed by atoms with Crippen molar-refractivity contribution < 1.29 is 19.4 Å². The molecule has 0 saturated carbocycles. The maximum absolute atomic E-state index is 12.0. The molecule has 2 amide bonds. The standard InChI is InChI=1S/C18H19ClN2O4/c1-18(24,12-6-4-3-5-7-12)11-20-16(22)17(23)21-14-10-13(19)8-9-15(14)25-2/h3-10,24H,11H2,1-2H3,(H,20,22)(H,21,23)/t18-/m0/s1. The van der Waals surface area contributed by atoms with Gasteiger partial charge in [0.2, 0.25) is 0 Å². The van der Waals surface area contributed by atoms with Gasteiger partial charge in [-0.2, -0.15) is 0 Å². The van der Waals surface area contributed by atoms with Crippen molar-refractivity contribution in [1.29, 1.82) is 0 Å². The molecule has 2 aromatic rings. The molecule has 2 aromatic carbocycles. The van der Waals surface area contributed by atoms with Crippen LogP contribution in [0.5, 0.6) is 5.75 Å². The van der Waals surface area contributed by atoms with Crippen molar-refractivity contribution in [3.63, 3.8) is 0 Å². The number of ether oxygens (including phenoxy) is 1. The lowest BCUT2D eigenvalue weighted by atomic mass is 9.96. The van der Waals surface area contributed by atoms with Crippen molar-refractivity contribution in [2.75, 3.05) is 19.0 Å². The summed E-state index contributed by atoms with van der Waals surface area (Å²) < 4.78 is 5.11. The van der Waals surface area contributed by atoms with Crippen LogP contribution in [-0.2, 0) is 15.2 Å². The molecule has 0 aliphatic carbocycles. The fraction of sp³-hybridized carbons (Fsp3) is 0.222. The average molecular weight is 363 g/mol. The van der Waals surface area contributed by atoms with E-state index in [1.807, 2.05) is 6.07 Å². The highest BCUT2D eigenvalue weighted by Crippen LogP contribution is 2.27. The van der Waals surface area contributed by atoms with Crippen molar-refractivity contribution in [1.82, 2.24) is 5.32 Å². The molecule has 0 aliphatic heterocycles. The predicted octanol–water partition coefficient (Wildman–Crippen LogP) is 2.31. The van der Waals surface area contributed by atoms with Gasteiger partial charge in [0.1, 0.15) is 11.4 Å². The summed E-state index contributed by atoms with van der Waals surface area (Å²) in [4.78, 5) is 24.0. The zero-order valence-electron chi connectivity index (χ0n) is 13.9. The molecular formula is C18H19ClN2O4. The van der Waals surface area contributed by atoms with Gasteiger partial charge in [0, 0.05) is 5.02 Å². The first-order valence-corrected chi connectivity index (χ1v) is 7.92. The minimum atomic E-state index is -1.30. The smallest absolute Gasteiger partial charge is 0.313 e. The number of carbonyl (C=O) groups is 2. The van der Waals surface area contributed by atoms with E-state index in [0.29, 0.717) is 16.3 Å². The topological polar surface area (TPSA) is 87.7 Å². The fourth-order valence-electron chi connectivity index (χ4n) is 2.19. The number of methoxy groups -OCH3 is 1. The summed E-state index contributed by atoms with van der Waals surface area (Å²) in [7, 11) is 1.44. The first kappa shape index (κ1) is 18.8. The highest BCUT2D eigenvalue weighted by Gasteiger charge is 2.25. The molecule has 25 heavy (non-hydrogen) atoms. The van der Waals surface area contributed by atoms with Gasteiger partial charge in [-0.1, -0.05) is 41.9 Å². The number of benzene rings is 2. The minimum Gasteiger partial charge on any atom is -0.495 e. The van der Waals surface area contributed by atoms with Crippen molar-refractivity contribution in [3.05, 3.63) is 59.1 Å². The lowest BCUT2D eigenvalue weighted by Gasteiger charge is -2.24. The van der Waals surface area contributed by atoms with E-state index >= 15 is 0 Å². The van der Waals surface area contributed by atoms with Gasteiger partial charge in [-0.25, -0.2) is 0 Å². The van der Waals surface area contributed by atoms with Gasteiger partial charge in [0.05, 0.1) is 19.3 Å². The Labute approximate surface area is 150 Å². The second-order valence-electron chi connectivity index (χ2n) is 5.62. The lowest BCUT2D eigenvalue weighted by Crippen LogP contribution is -2.43. The SMILES string of the molecule is COc1ccc(Cl)cc1NC(=O)C(=O)NC[C@](C)(O)c1ccccc1. The lowest BCUT2D eigenvalue weighted by molar-refractivity contribution is -0.136. The van der Waals surface area contributed by atoms with Crippen LogP contribution in [0.3, 0.4) is 0 Å². The molecule has 2 rings (SSSR count). The van der Waals surface area contributed by atoms with Crippen molar-refractivity contribution >= 4 is 29.1 Å². The molecule has 0 fully saturated rings. The number of nitrogens with one attached hydrogen (secondary N) is 2. The van der Waals surface area contributed by atoms with Crippen LogP contribution in [0.4, 0.5) is 5.69 Å². The summed E-state index contributed by atoms with van der Waals surface area (Å²) in [5.41, 5.74) is -0.387. The maximum atomic E-state index is 12.0. The number of halogens is 1. The summed E-state index contributed by atoms with van der Waals surface area (Å²) >= 11 is 5.89. The van der Waals surface area contributed by atoms with Crippen LogP contribution >= 0.6 is 11.6 Å². The van der Waals surface area contributed by atoms with E-state index in [0.717, 1.165) is 0 Å². The number of hydrogen-bond donors (Lipinski definition) is 3. The Morgan fingerprint density at radius 3 is 2.48 bits per heavy atom.